The van der Waals surface area contributed by atoms with E-state index in [1.807, 2.05) is 20.0 Å². The van der Waals surface area contributed by atoms with Crippen LogP contribution in [0.4, 0.5) is 11.7 Å². The molecule has 0 amide bonds. The molecule has 0 unspecified atom stereocenters. The molecule has 0 fully saturated rings. The van der Waals surface area contributed by atoms with Crippen molar-refractivity contribution in [1.82, 2.24) is 9.78 Å². The summed E-state index contributed by atoms with van der Waals surface area (Å²) in [5, 5.41) is 17.6. The first-order valence-corrected chi connectivity index (χ1v) is 5.04. The fourth-order valence-electron chi connectivity index (χ4n) is 1.38. The smallest absolute Gasteiger partial charge is 0.404 e. The minimum absolute atomic E-state index is 0.251. The number of aryl methyl sites for hydroxylation is 2. The van der Waals surface area contributed by atoms with Crippen molar-refractivity contribution in [1.29, 1.82) is 0 Å². The number of hydrogen-bond donors (Lipinski definition) is 1. The molecule has 0 bridgehead atoms. The van der Waals surface area contributed by atoms with Gasteiger partial charge in [-0.1, -0.05) is 0 Å². The Morgan fingerprint density at radius 3 is 2.88 bits per heavy atom. The Morgan fingerprint density at radius 2 is 2.35 bits per heavy atom. The van der Waals surface area contributed by atoms with Crippen LogP contribution in [-0.2, 0) is 13.6 Å². The first kappa shape index (κ1) is 11.2. The fraction of sp³-hybridized carbons (Fsp3) is 0.300. The molecule has 2 aromatic heterocycles. The minimum atomic E-state index is -0.561. The third-order valence-corrected chi connectivity index (χ3v) is 2.38. The average molecular weight is 236 g/mol. The number of nitrogens with one attached hydrogen (secondary N) is 1. The molecule has 0 atom stereocenters. The number of hydrogen-bond acceptors (Lipinski definition) is 5. The lowest BCUT2D eigenvalue weighted by Crippen LogP contribution is -2.00. The third-order valence-electron chi connectivity index (χ3n) is 2.38. The van der Waals surface area contributed by atoms with E-state index in [-0.39, 0.29) is 5.88 Å². The Morgan fingerprint density at radius 1 is 1.59 bits per heavy atom. The largest absolute Gasteiger partial charge is 0.433 e. The standard InChI is InChI=1S/C10H12N4O3/c1-7-5-9(12-13(7)2)11-6-8-3-4-10(17-8)14(15)16/h3-5H,6H2,1-2H3,(H,11,12). The molecule has 0 saturated heterocycles. The van der Waals surface area contributed by atoms with Crippen molar-refractivity contribution in [2.24, 2.45) is 7.05 Å². The number of rotatable bonds is 4. The molecule has 7 nitrogen and oxygen atoms in total. The number of nitro groups is 1. The summed E-state index contributed by atoms with van der Waals surface area (Å²) in [6, 6.07) is 4.79. The van der Waals surface area contributed by atoms with Gasteiger partial charge in [0.25, 0.3) is 0 Å². The molecule has 1 N–H and O–H groups in total. The molecule has 0 aromatic carbocycles. The van der Waals surface area contributed by atoms with E-state index in [4.69, 9.17) is 4.42 Å². The lowest BCUT2D eigenvalue weighted by Gasteiger charge is -1.98. The highest BCUT2D eigenvalue weighted by molar-refractivity contribution is 5.36. The molecule has 2 aromatic rings. The van der Waals surface area contributed by atoms with Gasteiger partial charge in [0.05, 0.1) is 12.6 Å². The van der Waals surface area contributed by atoms with Gasteiger partial charge < -0.3 is 9.73 Å². The van der Waals surface area contributed by atoms with Gasteiger partial charge in [-0.05, 0) is 13.0 Å². The van der Waals surface area contributed by atoms with Gasteiger partial charge in [0.1, 0.15) is 16.5 Å². The van der Waals surface area contributed by atoms with Gasteiger partial charge in [-0.15, -0.1) is 0 Å². The minimum Gasteiger partial charge on any atom is -0.404 e. The highest BCUT2D eigenvalue weighted by Crippen LogP contribution is 2.16. The zero-order chi connectivity index (χ0) is 12.4. The molecule has 0 aliphatic rings. The van der Waals surface area contributed by atoms with E-state index < -0.39 is 4.92 Å². The summed E-state index contributed by atoms with van der Waals surface area (Å²) in [5.74, 6) is 0.961. The van der Waals surface area contributed by atoms with Gasteiger partial charge in [-0.2, -0.15) is 5.10 Å². The van der Waals surface area contributed by atoms with Crippen molar-refractivity contribution in [3.8, 4) is 0 Å². The van der Waals surface area contributed by atoms with Gasteiger partial charge >= 0.3 is 5.88 Å². The topological polar surface area (TPSA) is 86.1 Å². The zero-order valence-corrected chi connectivity index (χ0v) is 9.51. The second-order valence-electron chi connectivity index (χ2n) is 3.65. The number of furan rings is 1. The predicted octanol–water partition coefficient (Wildman–Crippen LogP) is 1.84. The molecule has 2 rings (SSSR count). The fourth-order valence-corrected chi connectivity index (χ4v) is 1.38. The van der Waals surface area contributed by atoms with Crippen molar-refractivity contribution in [2.75, 3.05) is 5.32 Å². The third kappa shape index (κ3) is 2.44. The lowest BCUT2D eigenvalue weighted by molar-refractivity contribution is -0.402. The summed E-state index contributed by atoms with van der Waals surface area (Å²) in [6.07, 6.45) is 0. The molecule has 0 spiro atoms. The maximum atomic E-state index is 10.4. The van der Waals surface area contributed by atoms with Crippen LogP contribution in [-0.4, -0.2) is 14.7 Å². The second kappa shape index (κ2) is 4.28. The van der Waals surface area contributed by atoms with Crippen molar-refractivity contribution in [3.63, 3.8) is 0 Å². The molecular weight excluding hydrogens is 224 g/mol. The van der Waals surface area contributed by atoms with Gasteiger partial charge in [-0.25, -0.2) is 0 Å². The molecule has 7 heteroatoms. The number of anilines is 1. The van der Waals surface area contributed by atoms with Crippen LogP contribution in [0.1, 0.15) is 11.5 Å². The Labute approximate surface area is 97.2 Å². The normalized spacial score (nSPS) is 10.5. The number of nitrogens with zero attached hydrogens (tertiary/aromatic N) is 3. The van der Waals surface area contributed by atoms with Gasteiger partial charge in [0.15, 0.2) is 0 Å². The Kier molecular flexibility index (Phi) is 2.82. The van der Waals surface area contributed by atoms with Crippen molar-refractivity contribution in [3.05, 3.63) is 39.8 Å². The second-order valence-corrected chi connectivity index (χ2v) is 3.65. The highest BCUT2D eigenvalue weighted by atomic mass is 16.6. The van der Waals surface area contributed by atoms with Gasteiger partial charge in [-0.3, -0.25) is 14.8 Å². The first-order valence-electron chi connectivity index (χ1n) is 5.04. The van der Waals surface area contributed by atoms with Crippen LogP contribution < -0.4 is 5.32 Å². The molecule has 90 valence electrons. The quantitative estimate of drug-likeness (QED) is 0.646. The predicted molar refractivity (Wildman–Crippen MR) is 60.6 cm³/mol. The molecule has 0 aliphatic carbocycles. The van der Waals surface area contributed by atoms with E-state index in [0.29, 0.717) is 18.1 Å². The van der Waals surface area contributed by atoms with Crippen LogP contribution in [0, 0.1) is 17.0 Å². The monoisotopic (exact) mass is 236 g/mol. The summed E-state index contributed by atoms with van der Waals surface area (Å²) < 4.78 is 6.75. The molecule has 0 saturated carbocycles. The molecule has 0 radical (unpaired) electrons. The Bertz CT molecular complexity index is 524. The van der Waals surface area contributed by atoms with Crippen LogP contribution in [0.2, 0.25) is 0 Å². The first-order chi connectivity index (χ1) is 8.06. The van der Waals surface area contributed by atoms with E-state index in [1.165, 1.54) is 6.07 Å². The van der Waals surface area contributed by atoms with Crippen LogP contribution in [0.3, 0.4) is 0 Å². The maximum absolute atomic E-state index is 10.4. The van der Waals surface area contributed by atoms with Gasteiger partial charge in [0, 0.05) is 18.8 Å². The summed E-state index contributed by atoms with van der Waals surface area (Å²) >= 11 is 0. The summed E-state index contributed by atoms with van der Waals surface area (Å²) in [4.78, 5) is 9.85. The van der Waals surface area contributed by atoms with Crippen molar-refractivity contribution < 1.29 is 9.34 Å². The van der Waals surface area contributed by atoms with Crippen LogP contribution >= 0.6 is 0 Å². The SMILES string of the molecule is Cc1cc(NCc2ccc([N+](=O)[O-])o2)nn1C. The van der Waals surface area contributed by atoms with Crippen molar-refractivity contribution in [2.45, 2.75) is 13.5 Å². The highest BCUT2D eigenvalue weighted by Gasteiger charge is 2.11. The Balaban J connectivity index is 1.99. The Hall–Kier alpha value is -2.31. The summed E-state index contributed by atoms with van der Waals surface area (Å²) in [5.41, 5.74) is 1.03. The molecule has 0 aliphatic heterocycles. The molecular formula is C10H12N4O3. The van der Waals surface area contributed by atoms with Crippen LogP contribution in [0.25, 0.3) is 0 Å². The number of aromatic nitrogens is 2. The molecule has 2 heterocycles. The van der Waals surface area contributed by atoms with Gasteiger partial charge in [0.2, 0.25) is 0 Å². The molecule has 17 heavy (non-hydrogen) atoms. The van der Waals surface area contributed by atoms with E-state index in [2.05, 4.69) is 10.4 Å². The summed E-state index contributed by atoms with van der Waals surface area (Å²) in [7, 11) is 1.85. The van der Waals surface area contributed by atoms with E-state index in [9.17, 15) is 10.1 Å². The van der Waals surface area contributed by atoms with Crippen LogP contribution in [0.15, 0.2) is 22.6 Å². The van der Waals surface area contributed by atoms with E-state index >= 15 is 0 Å². The summed E-state index contributed by atoms with van der Waals surface area (Å²) in [6.45, 7) is 2.31. The van der Waals surface area contributed by atoms with Crippen molar-refractivity contribution >= 4 is 11.7 Å². The average Bonchev–Trinajstić information content (AvgIpc) is 2.84. The lowest BCUT2D eigenvalue weighted by atomic mass is 10.4. The zero-order valence-electron chi connectivity index (χ0n) is 9.51. The maximum Gasteiger partial charge on any atom is 0.433 e. The van der Waals surface area contributed by atoms with E-state index in [0.717, 1.165) is 5.69 Å². The van der Waals surface area contributed by atoms with E-state index in [1.54, 1.807) is 10.7 Å². The van der Waals surface area contributed by atoms with Crippen LogP contribution in [0.5, 0.6) is 0 Å².